The minimum absolute atomic E-state index is 0.0128. The van der Waals surface area contributed by atoms with Gasteiger partial charge in [0.05, 0.1) is 12.6 Å². The molecule has 0 unspecified atom stereocenters. The number of guanidine groups is 1. The number of benzene rings is 1. The van der Waals surface area contributed by atoms with E-state index in [0.717, 1.165) is 42.5 Å². The molecular weight excluding hydrogens is 656 g/mol. The fourth-order valence-electron chi connectivity index (χ4n) is 8.25. The summed E-state index contributed by atoms with van der Waals surface area (Å²) in [6.07, 6.45) is 14.2. The smallest absolute Gasteiger partial charge is 0.350 e. The van der Waals surface area contributed by atoms with Crippen LogP contribution in [0.5, 0.6) is 0 Å². The first kappa shape index (κ1) is 37.2. The van der Waals surface area contributed by atoms with Gasteiger partial charge in [0.1, 0.15) is 5.82 Å². The van der Waals surface area contributed by atoms with Crippen LogP contribution >= 0.6 is 0 Å². The Morgan fingerprint density at radius 1 is 1.23 bits per heavy atom. The summed E-state index contributed by atoms with van der Waals surface area (Å²) in [5.41, 5.74) is 12.6. The van der Waals surface area contributed by atoms with Gasteiger partial charge in [0, 0.05) is 42.8 Å². The van der Waals surface area contributed by atoms with Crippen LogP contribution in [0.4, 0.5) is 5.82 Å². The second-order valence-corrected chi connectivity index (χ2v) is 15.0. The number of Topliss-reactive ketones (excluding diaryl/α,β-unsaturated/α-hetero) is 2. The Morgan fingerprint density at radius 2 is 2.04 bits per heavy atom. The lowest BCUT2D eigenvalue weighted by molar-refractivity contribution is -0.150. The third-order valence-electron chi connectivity index (χ3n) is 10.9. The van der Waals surface area contributed by atoms with Crippen LogP contribution in [0.25, 0.3) is 0 Å². The number of allylic oxidation sites excluding steroid dienone is 3. The van der Waals surface area contributed by atoms with Crippen molar-refractivity contribution in [2.24, 2.45) is 28.5 Å². The molecule has 52 heavy (non-hydrogen) atoms. The van der Waals surface area contributed by atoms with E-state index in [4.69, 9.17) is 20.9 Å². The lowest BCUT2D eigenvalue weighted by atomic mass is 9.70. The van der Waals surface area contributed by atoms with Crippen molar-refractivity contribution in [1.82, 2.24) is 15.6 Å². The molecule has 11 nitrogen and oxygen atoms in total. The van der Waals surface area contributed by atoms with Crippen LogP contribution in [0.15, 0.2) is 77.0 Å². The number of carbonyl (C=O) groups excluding carboxylic acids is 3. The third-order valence-corrected chi connectivity index (χ3v) is 10.9. The third kappa shape index (κ3) is 6.96. The minimum Gasteiger partial charge on any atom is -0.463 e. The molecule has 11 heteroatoms. The van der Waals surface area contributed by atoms with Gasteiger partial charge >= 0.3 is 5.97 Å². The molecule has 1 aromatic heterocycles. The number of fused-ring (bicyclic) bond motifs is 3. The number of hydrogen-bond donors (Lipinski definition) is 4. The molecule has 4 aliphatic rings. The number of ketones is 2. The first-order valence-electron chi connectivity index (χ1n) is 18.5. The van der Waals surface area contributed by atoms with Crippen molar-refractivity contribution in [2.75, 3.05) is 25.9 Å². The van der Waals surface area contributed by atoms with Crippen molar-refractivity contribution < 1.29 is 23.9 Å². The van der Waals surface area contributed by atoms with Crippen LogP contribution in [-0.4, -0.2) is 65.9 Å². The molecule has 1 aliphatic heterocycles. The summed E-state index contributed by atoms with van der Waals surface area (Å²) in [6, 6.07) is 8.64. The van der Waals surface area contributed by atoms with E-state index in [1.165, 1.54) is 5.57 Å². The van der Waals surface area contributed by atoms with Gasteiger partial charge in [0.25, 0.3) is 5.60 Å². The summed E-state index contributed by atoms with van der Waals surface area (Å²) in [5.74, 6) is -0.422. The van der Waals surface area contributed by atoms with Gasteiger partial charge in [-0.3, -0.25) is 14.6 Å². The van der Waals surface area contributed by atoms with E-state index < -0.39 is 23.0 Å². The number of nitrogen functional groups attached to an aromatic ring is 1. The van der Waals surface area contributed by atoms with E-state index in [9.17, 15) is 14.4 Å². The number of anilines is 1. The highest BCUT2D eigenvalue weighted by molar-refractivity contribution is 6.33. The lowest BCUT2D eigenvalue weighted by Gasteiger charge is -2.36. The molecule has 6 atom stereocenters. The number of likely N-dealkylation sites (N-methyl/N-ethyl adjacent to an activating group) is 1. The number of pyridine rings is 1. The molecule has 1 saturated heterocycles. The number of nitrogens with two attached hydrogens (primary N) is 2. The van der Waals surface area contributed by atoms with E-state index in [-0.39, 0.29) is 59.8 Å². The zero-order valence-corrected chi connectivity index (χ0v) is 30.9. The quantitative estimate of drug-likeness (QED) is 0.0542. The zero-order chi connectivity index (χ0) is 37.2. The molecule has 0 radical (unpaired) electrons. The molecule has 1 fully saturated rings. The number of hydrogen-bond acceptors (Lipinski definition) is 9. The molecular formula is C41H52N6O5. The summed E-state index contributed by atoms with van der Waals surface area (Å²) in [6.45, 7) is 8.97. The molecule has 0 bridgehead atoms. The molecule has 0 saturated carbocycles. The number of aliphatic imine (C=N–C) groups is 1. The van der Waals surface area contributed by atoms with E-state index >= 15 is 0 Å². The Morgan fingerprint density at radius 3 is 2.77 bits per heavy atom. The average molecular weight is 709 g/mol. The van der Waals surface area contributed by atoms with Crippen molar-refractivity contribution in [3.63, 3.8) is 0 Å². The maximum atomic E-state index is 14.7. The zero-order valence-electron chi connectivity index (χ0n) is 30.9. The van der Waals surface area contributed by atoms with Crippen molar-refractivity contribution >= 4 is 29.3 Å². The predicted octanol–water partition coefficient (Wildman–Crippen LogP) is 5.18. The van der Waals surface area contributed by atoms with Crippen LogP contribution in [0.2, 0.25) is 0 Å². The first-order chi connectivity index (χ1) is 24.9. The molecule has 2 heterocycles. The highest BCUT2D eigenvalue weighted by Crippen LogP contribution is 2.59. The van der Waals surface area contributed by atoms with Gasteiger partial charge in [0.15, 0.2) is 17.3 Å². The normalized spacial score (nSPS) is 27.3. The van der Waals surface area contributed by atoms with Crippen LogP contribution in [0.1, 0.15) is 97.7 Å². The lowest BCUT2D eigenvalue weighted by Crippen LogP contribution is -2.51. The summed E-state index contributed by atoms with van der Waals surface area (Å²) >= 11 is 0. The minimum atomic E-state index is -2.06. The maximum Gasteiger partial charge on any atom is 0.350 e. The maximum absolute atomic E-state index is 14.7. The van der Waals surface area contributed by atoms with Gasteiger partial charge in [-0.2, -0.15) is 0 Å². The molecule has 0 spiro atoms. The number of carbonyl (C=O) groups is 3. The van der Waals surface area contributed by atoms with Crippen molar-refractivity contribution in [2.45, 2.75) is 89.5 Å². The molecule has 0 amide bonds. The molecule has 6 N–H and O–H groups in total. The number of esters is 1. The van der Waals surface area contributed by atoms with Crippen molar-refractivity contribution in [3.8, 4) is 0 Å². The van der Waals surface area contributed by atoms with Crippen molar-refractivity contribution in [3.05, 3.63) is 94.2 Å². The fourth-order valence-corrected chi connectivity index (χ4v) is 8.25. The Labute approximate surface area is 306 Å². The van der Waals surface area contributed by atoms with Gasteiger partial charge in [0.2, 0.25) is 5.78 Å². The molecule has 1 aromatic carbocycles. The van der Waals surface area contributed by atoms with Crippen LogP contribution < -0.4 is 22.1 Å². The number of aromatic nitrogens is 1. The molecule has 3 aliphatic carbocycles. The van der Waals surface area contributed by atoms with Crippen LogP contribution in [0.3, 0.4) is 0 Å². The Balaban J connectivity index is 1.31. The van der Waals surface area contributed by atoms with Gasteiger partial charge in [-0.15, -0.1) is 0 Å². The SMILES string of the molecule is CCN[C@@H]1C=C2C=CCC[C@H]2C[C@H]1COC(=O)[C@]12O[C@@]1(C/C=C(\C)C[C@@H](NC(N)=NC)c1ccnc(N)c1)C(=O)c1cccc(CC(C)C)c1C2=O. The largest absolute Gasteiger partial charge is 0.463 e. The summed E-state index contributed by atoms with van der Waals surface area (Å²) in [5, 5.41) is 6.76. The Kier molecular flexibility index (Phi) is 10.8. The number of nitrogens with one attached hydrogen (secondary N) is 2. The molecule has 2 aromatic rings. The summed E-state index contributed by atoms with van der Waals surface area (Å²) in [4.78, 5) is 51.8. The Bertz CT molecular complexity index is 1850. The number of nitrogens with zero attached hydrogens (tertiary/aromatic N) is 2. The number of ether oxygens (including phenoxy) is 2. The van der Waals surface area contributed by atoms with E-state index in [1.54, 1.807) is 31.4 Å². The summed E-state index contributed by atoms with van der Waals surface area (Å²) in [7, 11) is 1.59. The summed E-state index contributed by atoms with van der Waals surface area (Å²) < 4.78 is 12.4. The first-order valence-corrected chi connectivity index (χ1v) is 18.5. The molecule has 276 valence electrons. The van der Waals surface area contributed by atoms with Gasteiger partial charge < -0.3 is 31.6 Å². The second-order valence-electron chi connectivity index (χ2n) is 15.0. The molecule has 6 rings (SSSR count). The van der Waals surface area contributed by atoms with E-state index in [0.29, 0.717) is 24.6 Å². The van der Waals surface area contributed by atoms with Crippen LogP contribution in [0, 0.1) is 17.8 Å². The van der Waals surface area contributed by atoms with Crippen LogP contribution in [-0.2, 0) is 20.7 Å². The van der Waals surface area contributed by atoms with Crippen molar-refractivity contribution in [1.29, 1.82) is 0 Å². The van der Waals surface area contributed by atoms with E-state index in [2.05, 4.69) is 59.6 Å². The standard InChI is InChI=1S/C41H52N6O5/c1-6-45-32-21-27-11-8-7-10-26(27)20-30(32)23-51-38(50)41-37(49)35-29(18-24(2)3)12-9-13-31(35)36(48)40(41,52-41)16-14-25(4)19-33(47-39(43)44-5)28-15-17-46-34(42)22-28/h8-9,11-15,17,21-22,24,26,30,32-33,45H,6-7,10,16,18-20,23H2,1-5H3,(H2,42,46)(H3,43,44,47)/b25-14+/t26-,30-,32+,33+,40-,41-/m0/s1. The highest BCUT2D eigenvalue weighted by Gasteiger charge is 2.85. The topological polar surface area (TPSA) is 174 Å². The van der Waals surface area contributed by atoms with E-state index in [1.807, 2.05) is 25.1 Å². The Hall–Kier alpha value is -4.61. The monoisotopic (exact) mass is 708 g/mol. The number of epoxide rings is 1. The van der Waals surface area contributed by atoms with Gasteiger partial charge in [-0.1, -0.05) is 68.8 Å². The average Bonchev–Trinajstić information content (AvgIpc) is 3.84. The number of rotatable bonds is 13. The van der Waals surface area contributed by atoms with Gasteiger partial charge in [-0.05, 0) is 86.2 Å². The predicted molar refractivity (Wildman–Crippen MR) is 202 cm³/mol. The second kappa shape index (κ2) is 15.2. The fraction of sp³-hybridized carbons (Fsp3) is 0.488. The van der Waals surface area contributed by atoms with Gasteiger partial charge in [-0.25, -0.2) is 9.78 Å². The highest BCUT2D eigenvalue weighted by atomic mass is 16.7.